The van der Waals surface area contributed by atoms with E-state index in [-0.39, 0.29) is 13.2 Å². The van der Waals surface area contributed by atoms with E-state index in [1.165, 1.54) is 19.1 Å². The number of ether oxygens (including phenoxy) is 2. The van der Waals surface area contributed by atoms with E-state index < -0.39 is 30.4 Å². The molecule has 0 radical (unpaired) electrons. The SMILES string of the molecule is C=CCOC(C)C(=O)OCC(=O)NCc1ccccc1F. The van der Waals surface area contributed by atoms with Crippen molar-refractivity contribution in [1.82, 2.24) is 5.32 Å². The number of esters is 1. The Labute approximate surface area is 122 Å². The monoisotopic (exact) mass is 295 g/mol. The average Bonchev–Trinajstić information content (AvgIpc) is 2.49. The highest BCUT2D eigenvalue weighted by Gasteiger charge is 2.16. The number of hydrogen-bond acceptors (Lipinski definition) is 4. The Morgan fingerprint density at radius 3 is 2.81 bits per heavy atom. The molecule has 114 valence electrons. The Balaban J connectivity index is 2.29. The summed E-state index contributed by atoms with van der Waals surface area (Å²) in [5, 5.41) is 2.46. The third-order valence-corrected chi connectivity index (χ3v) is 2.58. The molecule has 5 nitrogen and oxygen atoms in total. The molecule has 1 N–H and O–H groups in total. The van der Waals surface area contributed by atoms with Crippen molar-refractivity contribution < 1.29 is 23.5 Å². The van der Waals surface area contributed by atoms with E-state index in [2.05, 4.69) is 11.9 Å². The lowest BCUT2D eigenvalue weighted by molar-refractivity contribution is -0.158. The van der Waals surface area contributed by atoms with Crippen LogP contribution in [0.2, 0.25) is 0 Å². The van der Waals surface area contributed by atoms with Gasteiger partial charge in [0.15, 0.2) is 12.7 Å². The molecule has 0 aliphatic carbocycles. The minimum Gasteiger partial charge on any atom is -0.454 e. The molecule has 21 heavy (non-hydrogen) atoms. The topological polar surface area (TPSA) is 64.6 Å². The van der Waals surface area contributed by atoms with Gasteiger partial charge in [-0.3, -0.25) is 4.79 Å². The van der Waals surface area contributed by atoms with Gasteiger partial charge in [-0.1, -0.05) is 24.3 Å². The number of carbonyl (C=O) groups excluding carboxylic acids is 2. The van der Waals surface area contributed by atoms with Crippen LogP contribution in [0.3, 0.4) is 0 Å². The van der Waals surface area contributed by atoms with Gasteiger partial charge >= 0.3 is 5.97 Å². The van der Waals surface area contributed by atoms with Crippen LogP contribution < -0.4 is 5.32 Å². The molecular formula is C15H18FNO4. The molecule has 0 aliphatic rings. The normalized spacial score (nSPS) is 11.5. The first kappa shape index (κ1) is 16.8. The number of benzene rings is 1. The number of rotatable bonds is 8. The minimum atomic E-state index is -0.776. The van der Waals surface area contributed by atoms with Gasteiger partial charge in [0.25, 0.3) is 5.91 Å². The van der Waals surface area contributed by atoms with Crippen LogP contribution in [-0.2, 0) is 25.6 Å². The molecule has 0 bridgehead atoms. The summed E-state index contributed by atoms with van der Waals surface area (Å²) < 4.78 is 23.2. The molecular weight excluding hydrogens is 277 g/mol. The van der Waals surface area contributed by atoms with Gasteiger partial charge in [-0.05, 0) is 13.0 Å². The maximum absolute atomic E-state index is 13.3. The molecule has 0 fully saturated rings. The fourth-order valence-electron chi connectivity index (χ4n) is 1.42. The smallest absolute Gasteiger partial charge is 0.335 e. The molecule has 0 heterocycles. The molecule has 1 aromatic carbocycles. The summed E-state index contributed by atoms with van der Waals surface area (Å²) in [5.41, 5.74) is 0.361. The lowest BCUT2D eigenvalue weighted by Crippen LogP contribution is -2.31. The largest absolute Gasteiger partial charge is 0.454 e. The maximum atomic E-state index is 13.3. The molecule has 0 saturated carbocycles. The summed E-state index contributed by atoms with van der Waals surface area (Å²) in [4.78, 5) is 23.0. The van der Waals surface area contributed by atoms with Crippen molar-refractivity contribution >= 4 is 11.9 Å². The Bertz CT molecular complexity index is 504. The number of halogens is 1. The molecule has 0 aliphatic heterocycles. The minimum absolute atomic E-state index is 0.0333. The van der Waals surface area contributed by atoms with Crippen LogP contribution in [0.15, 0.2) is 36.9 Å². The van der Waals surface area contributed by atoms with Gasteiger partial charge in [0.2, 0.25) is 0 Å². The molecule has 1 amide bonds. The highest BCUT2D eigenvalue weighted by Crippen LogP contribution is 2.05. The van der Waals surface area contributed by atoms with Gasteiger partial charge in [0.05, 0.1) is 6.61 Å². The zero-order chi connectivity index (χ0) is 15.7. The summed E-state index contributed by atoms with van der Waals surface area (Å²) in [6.45, 7) is 4.79. The fraction of sp³-hybridized carbons (Fsp3) is 0.333. The third kappa shape index (κ3) is 6.18. The van der Waals surface area contributed by atoms with Crippen molar-refractivity contribution in [2.75, 3.05) is 13.2 Å². The summed E-state index contributed by atoms with van der Waals surface area (Å²) in [5.74, 6) is -1.55. The first-order valence-electron chi connectivity index (χ1n) is 6.43. The second-order valence-corrected chi connectivity index (χ2v) is 4.24. The third-order valence-electron chi connectivity index (χ3n) is 2.58. The second kappa shape index (κ2) is 8.86. The van der Waals surface area contributed by atoms with Crippen LogP contribution in [0.25, 0.3) is 0 Å². The van der Waals surface area contributed by atoms with E-state index >= 15 is 0 Å². The quantitative estimate of drug-likeness (QED) is 0.584. The summed E-state index contributed by atoms with van der Waals surface area (Å²) in [6, 6.07) is 6.10. The Kier molecular flexibility index (Phi) is 7.11. The highest BCUT2D eigenvalue weighted by atomic mass is 19.1. The van der Waals surface area contributed by atoms with Crippen LogP contribution in [0, 0.1) is 5.82 Å². The van der Waals surface area contributed by atoms with Gasteiger partial charge in [-0.2, -0.15) is 0 Å². The molecule has 0 spiro atoms. The summed E-state index contributed by atoms with van der Waals surface area (Å²) in [6.07, 6.45) is 0.729. The lowest BCUT2D eigenvalue weighted by Gasteiger charge is -2.11. The van der Waals surface area contributed by atoms with Crippen LogP contribution in [0.1, 0.15) is 12.5 Å². The van der Waals surface area contributed by atoms with E-state index in [0.29, 0.717) is 5.56 Å². The zero-order valence-electron chi connectivity index (χ0n) is 11.8. The number of hydrogen-bond donors (Lipinski definition) is 1. The molecule has 0 aromatic heterocycles. The summed E-state index contributed by atoms with van der Waals surface area (Å²) in [7, 11) is 0. The van der Waals surface area contributed by atoms with Crippen molar-refractivity contribution in [2.45, 2.75) is 19.6 Å². The number of amides is 1. The Morgan fingerprint density at radius 2 is 2.14 bits per heavy atom. The van der Waals surface area contributed by atoms with Gasteiger partial charge in [0, 0.05) is 12.1 Å². The maximum Gasteiger partial charge on any atom is 0.335 e. The van der Waals surface area contributed by atoms with Crippen molar-refractivity contribution in [1.29, 1.82) is 0 Å². The van der Waals surface area contributed by atoms with Crippen LogP contribution in [0.5, 0.6) is 0 Å². The Morgan fingerprint density at radius 1 is 1.43 bits per heavy atom. The van der Waals surface area contributed by atoms with Gasteiger partial charge in [-0.25, -0.2) is 9.18 Å². The first-order chi connectivity index (χ1) is 10.0. The predicted octanol–water partition coefficient (Wildman–Crippen LogP) is 1.58. The van der Waals surface area contributed by atoms with E-state index in [0.717, 1.165) is 0 Å². The first-order valence-corrected chi connectivity index (χ1v) is 6.43. The van der Waals surface area contributed by atoms with E-state index in [4.69, 9.17) is 9.47 Å². The molecule has 1 atom stereocenters. The summed E-state index contributed by atoms with van der Waals surface area (Å²) >= 11 is 0. The number of carbonyl (C=O) groups is 2. The number of nitrogens with one attached hydrogen (secondary N) is 1. The molecule has 1 unspecified atom stereocenters. The molecule has 1 rings (SSSR count). The van der Waals surface area contributed by atoms with Crippen LogP contribution >= 0.6 is 0 Å². The van der Waals surface area contributed by atoms with Crippen molar-refractivity contribution in [3.05, 3.63) is 48.3 Å². The van der Waals surface area contributed by atoms with Gasteiger partial charge in [-0.15, -0.1) is 6.58 Å². The molecule has 6 heteroatoms. The second-order valence-electron chi connectivity index (χ2n) is 4.24. The average molecular weight is 295 g/mol. The highest BCUT2D eigenvalue weighted by molar-refractivity contribution is 5.81. The van der Waals surface area contributed by atoms with Crippen LogP contribution in [0.4, 0.5) is 4.39 Å². The van der Waals surface area contributed by atoms with E-state index in [9.17, 15) is 14.0 Å². The lowest BCUT2D eigenvalue weighted by atomic mass is 10.2. The van der Waals surface area contributed by atoms with E-state index in [1.807, 2.05) is 0 Å². The molecule has 0 saturated heterocycles. The van der Waals surface area contributed by atoms with Crippen LogP contribution in [-0.4, -0.2) is 31.2 Å². The van der Waals surface area contributed by atoms with Gasteiger partial charge in [0.1, 0.15) is 5.82 Å². The standard InChI is InChI=1S/C15H18FNO4/c1-3-8-20-11(2)15(19)21-10-14(18)17-9-12-6-4-5-7-13(12)16/h3-7,11H,1,8-10H2,2H3,(H,17,18). The molecule has 1 aromatic rings. The fourth-order valence-corrected chi connectivity index (χ4v) is 1.42. The van der Waals surface area contributed by atoms with E-state index in [1.54, 1.807) is 18.2 Å². The van der Waals surface area contributed by atoms with Crippen molar-refractivity contribution in [2.24, 2.45) is 0 Å². The van der Waals surface area contributed by atoms with Gasteiger partial charge < -0.3 is 14.8 Å². The zero-order valence-corrected chi connectivity index (χ0v) is 11.8. The van der Waals surface area contributed by atoms with Crippen molar-refractivity contribution in [3.8, 4) is 0 Å². The predicted molar refractivity (Wildman–Crippen MR) is 74.8 cm³/mol. The Hall–Kier alpha value is -2.21. The van der Waals surface area contributed by atoms with Crippen molar-refractivity contribution in [3.63, 3.8) is 0 Å².